The quantitative estimate of drug-likeness (QED) is 0.550. The summed E-state index contributed by atoms with van der Waals surface area (Å²) in [5.74, 6) is -0.308. The molecule has 0 saturated carbocycles. The number of aliphatic hydroxyl groups is 1. The third kappa shape index (κ3) is 5.16. The van der Waals surface area contributed by atoms with E-state index in [9.17, 15) is 9.90 Å². The van der Waals surface area contributed by atoms with Crippen molar-refractivity contribution in [3.8, 4) is 0 Å². The summed E-state index contributed by atoms with van der Waals surface area (Å²) in [5.41, 5.74) is 0. The Kier molecular flexibility index (Phi) is 7.37. The lowest BCUT2D eigenvalue weighted by molar-refractivity contribution is -0.143. The molecule has 0 bridgehead atoms. The minimum absolute atomic E-state index is 0.255. The Morgan fingerprint density at radius 2 is 2.14 bits per heavy atom. The molecule has 0 saturated heterocycles. The fourth-order valence-electron chi connectivity index (χ4n) is 1.07. The van der Waals surface area contributed by atoms with E-state index in [4.69, 9.17) is 4.74 Å². The largest absolute Gasteiger partial charge is 0.468 e. The van der Waals surface area contributed by atoms with Gasteiger partial charge in [0.2, 0.25) is 0 Å². The van der Waals surface area contributed by atoms with Crippen LogP contribution in [0.4, 0.5) is 0 Å². The van der Waals surface area contributed by atoms with E-state index in [1.807, 2.05) is 6.92 Å². The van der Waals surface area contributed by atoms with Crippen LogP contribution in [0.2, 0.25) is 0 Å². The van der Waals surface area contributed by atoms with Crippen molar-refractivity contribution < 1.29 is 19.4 Å². The number of nitrogens with one attached hydrogen (secondary N) is 1. The molecule has 0 aliphatic rings. The standard InChI is InChI=1S/C9H19NO4/c1-4-8(9(12)14-3)10-5-7(11)6-13-2/h7-8,10-11H,4-6H2,1-3H3. The zero-order chi connectivity index (χ0) is 11.0. The average Bonchev–Trinajstić information content (AvgIpc) is 2.18. The molecule has 0 aromatic rings. The molecule has 0 rings (SSSR count). The van der Waals surface area contributed by atoms with E-state index >= 15 is 0 Å². The van der Waals surface area contributed by atoms with Crippen LogP contribution in [-0.4, -0.2) is 50.6 Å². The summed E-state index contributed by atoms with van der Waals surface area (Å²) < 4.78 is 9.33. The first-order valence-electron chi connectivity index (χ1n) is 4.63. The van der Waals surface area contributed by atoms with Crippen LogP contribution < -0.4 is 5.32 Å². The van der Waals surface area contributed by atoms with Gasteiger partial charge in [0, 0.05) is 13.7 Å². The van der Waals surface area contributed by atoms with Crippen LogP contribution in [0.1, 0.15) is 13.3 Å². The van der Waals surface area contributed by atoms with Crippen LogP contribution in [0, 0.1) is 0 Å². The maximum atomic E-state index is 11.1. The molecule has 0 aromatic carbocycles. The normalized spacial score (nSPS) is 14.9. The second-order valence-corrected chi connectivity index (χ2v) is 3.00. The third-order valence-corrected chi connectivity index (χ3v) is 1.85. The highest BCUT2D eigenvalue weighted by Gasteiger charge is 2.17. The molecule has 2 unspecified atom stereocenters. The highest BCUT2D eigenvalue weighted by atomic mass is 16.5. The number of ether oxygens (including phenoxy) is 2. The lowest BCUT2D eigenvalue weighted by Gasteiger charge is -2.16. The van der Waals surface area contributed by atoms with E-state index in [0.717, 1.165) is 0 Å². The van der Waals surface area contributed by atoms with Crippen LogP contribution >= 0.6 is 0 Å². The van der Waals surface area contributed by atoms with Crippen LogP contribution in [0.25, 0.3) is 0 Å². The molecule has 0 spiro atoms. The minimum Gasteiger partial charge on any atom is -0.468 e. The minimum atomic E-state index is -0.598. The molecule has 0 heterocycles. The SMILES string of the molecule is CCC(NCC(O)COC)C(=O)OC. The van der Waals surface area contributed by atoms with Crippen LogP contribution in [0.3, 0.4) is 0 Å². The van der Waals surface area contributed by atoms with Gasteiger partial charge >= 0.3 is 5.97 Å². The number of methoxy groups -OCH3 is 2. The zero-order valence-corrected chi connectivity index (χ0v) is 8.95. The molecule has 5 nitrogen and oxygen atoms in total. The summed E-state index contributed by atoms with van der Waals surface area (Å²) >= 11 is 0. The molecular weight excluding hydrogens is 186 g/mol. The van der Waals surface area contributed by atoms with Crippen molar-refractivity contribution in [3.63, 3.8) is 0 Å². The Hall–Kier alpha value is -0.650. The van der Waals surface area contributed by atoms with Gasteiger partial charge in [0.05, 0.1) is 19.8 Å². The summed E-state index contributed by atoms with van der Waals surface area (Å²) in [5, 5.41) is 12.2. The number of aliphatic hydroxyl groups excluding tert-OH is 1. The van der Waals surface area contributed by atoms with Crippen molar-refractivity contribution in [2.24, 2.45) is 0 Å². The first-order valence-corrected chi connectivity index (χ1v) is 4.63. The smallest absolute Gasteiger partial charge is 0.322 e. The number of hydrogen-bond donors (Lipinski definition) is 2. The molecule has 0 amide bonds. The van der Waals surface area contributed by atoms with Crippen molar-refractivity contribution in [2.75, 3.05) is 27.4 Å². The average molecular weight is 205 g/mol. The lowest BCUT2D eigenvalue weighted by atomic mass is 10.2. The molecule has 0 fully saturated rings. The van der Waals surface area contributed by atoms with Gasteiger partial charge in [0.15, 0.2) is 0 Å². The van der Waals surface area contributed by atoms with Crippen LogP contribution in [-0.2, 0) is 14.3 Å². The number of carbonyl (C=O) groups excluding carboxylic acids is 1. The molecule has 2 atom stereocenters. The van der Waals surface area contributed by atoms with Gasteiger partial charge < -0.3 is 19.9 Å². The molecule has 0 aliphatic heterocycles. The molecule has 0 aromatic heterocycles. The monoisotopic (exact) mass is 205 g/mol. The molecule has 14 heavy (non-hydrogen) atoms. The molecule has 2 N–H and O–H groups in total. The van der Waals surface area contributed by atoms with E-state index < -0.39 is 6.10 Å². The highest BCUT2D eigenvalue weighted by Crippen LogP contribution is 1.94. The van der Waals surface area contributed by atoms with Crippen molar-refractivity contribution in [1.29, 1.82) is 0 Å². The van der Waals surface area contributed by atoms with Gasteiger partial charge in [-0.3, -0.25) is 4.79 Å². The number of rotatable bonds is 7. The Bertz CT molecular complexity index is 163. The Morgan fingerprint density at radius 1 is 1.50 bits per heavy atom. The van der Waals surface area contributed by atoms with Gasteiger partial charge in [-0.1, -0.05) is 6.92 Å². The number of carbonyl (C=O) groups is 1. The van der Waals surface area contributed by atoms with Gasteiger partial charge in [-0.2, -0.15) is 0 Å². The fourth-order valence-corrected chi connectivity index (χ4v) is 1.07. The molecular formula is C9H19NO4. The number of esters is 1. The summed E-state index contributed by atoms with van der Waals surface area (Å²) in [6.07, 6.45) is 0.0329. The van der Waals surface area contributed by atoms with Crippen LogP contribution in [0.15, 0.2) is 0 Å². The zero-order valence-electron chi connectivity index (χ0n) is 8.95. The Labute approximate surface area is 84.4 Å². The molecule has 84 valence electrons. The van der Waals surface area contributed by atoms with Crippen molar-refractivity contribution in [3.05, 3.63) is 0 Å². The summed E-state index contributed by atoms with van der Waals surface area (Å²) in [6.45, 7) is 2.45. The van der Waals surface area contributed by atoms with Crippen molar-refractivity contribution in [1.82, 2.24) is 5.32 Å². The fraction of sp³-hybridized carbons (Fsp3) is 0.889. The molecule has 0 aliphatic carbocycles. The van der Waals surface area contributed by atoms with E-state index in [2.05, 4.69) is 10.1 Å². The second kappa shape index (κ2) is 7.73. The van der Waals surface area contributed by atoms with Gasteiger partial charge in [0.1, 0.15) is 6.04 Å². The topological polar surface area (TPSA) is 67.8 Å². The third-order valence-electron chi connectivity index (χ3n) is 1.85. The van der Waals surface area contributed by atoms with E-state index in [1.165, 1.54) is 14.2 Å². The Balaban J connectivity index is 3.77. The van der Waals surface area contributed by atoms with E-state index in [1.54, 1.807) is 0 Å². The van der Waals surface area contributed by atoms with Crippen LogP contribution in [0.5, 0.6) is 0 Å². The van der Waals surface area contributed by atoms with Gasteiger partial charge in [-0.15, -0.1) is 0 Å². The predicted molar refractivity (Wildman–Crippen MR) is 52.0 cm³/mol. The predicted octanol–water partition coefficient (Wildman–Crippen LogP) is -0.465. The summed E-state index contributed by atoms with van der Waals surface area (Å²) in [4.78, 5) is 11.1. The first kappa shape index (κ1) is 13.4. The second-order valence-electron chi connectivity index (χ2n) is 3.00. The van der Waals surface area contributed by atoms with Gasteiger partial charge in [0.25, 0.3) is 0 Å². The lowest BCUT2D eigenvalue weighted by Crippen LogP contribution is -2.42. The van der Waals surface area contributed by atoms with Gasteiger partial charge in [-0.25, -0.2) is 0 Å². The summed E-state index contributed by atoms with van der Waals surface area (Å²) in [6, 6.07) is -0.355. The molecule has 5 heteroatoms. The van der Waals surface area contributed by atoms with Gasteiger partial charge in [-0.05, 0) is 6.42 Å². The molecule has 0 radical (unpaired) electrons. The summed E-state index contributed by atoms with van der Waals surface area (Å²) in [7, 11) is 2.86. The first-order chi connectivity index (χ1) is 6.65. The number of hydrogen-bond acceptors (Lipinski definition) is 5. The maximum Gasteiger partial charge on any atom is 0.322 e. The van der Waals surface area contributed by atoms with E-state index in [-0.39, 0.29) is 18.6 Å². The highest BCUT2D eigenvalue weighted by molar-refractivity contribution is 5.75. The van der Waals surface area contributed by atoms with Crippen molar-refractivity contribution in [2.45, 2.75) is 25.5 Å². The van der Waals surface area contributed by atoms with E-state index in [0.29, 0.717) is 13.0 Å². The van der Waals surface area contributed by atoms with Crippen molar-refractivity contribution >= 4 is 5.97 Å². The maximum absolute atomic E-state index is 11.1. The Morgan fingerprint density at radius 3 is 2.57 bits per heavy atom.